The van der Waals surface area contributed by atoms with E-state index in [2.05, 4.69) is 15.6 Å². The number of anilines is 1. The lowest BCUT2D eigenvalue weighted by Crippen LogP contribution is -2.47. The average Bonchev–Trinajstić information content (AvgIpc) is 3.26. The molecule has 0 aliphatic carbocycles. The molecule has 2 N–H and O–H groups in total. The number of nitrogens with one attached hydrogen (secondary N) is 2. The van der Waals surface area contributed by atoms with Crippen molar-refractivity contribution in [3.63, 3.8) is 0 Å². The van der Waals surface area contributed by atoms with Gasteiger partial charge in [-0.2, -0.15) is 0 Å². The normalized spacial score (nSPS) is 12.8. The largest absolute Gasteiger partial charge is 0.340 e. The Hall–Kier alpha value is -3.12. The SMILES string of the molecule is CCC(C)C(NC(=O)c1ccccc1)C(=O)Nc1ccc(-n2ccnc2)c(Cl)c1. The molecule has 0 saturated heterocycles. The van der Waals surface area contributed by atoms with E-state index in [1.165, 1.54) is 0 Å². The van der Waals surface area contributed by atoms with E-state index in [9.17, 15) is 9.59 Å². The van der Waals surface area contributed by atoms with Crippen molar-refractivity contribution < 1.29 is 9.59 Å². The summed E-state index contributed by atoms with van der Waals surface area (Å²) in [5, 5.41) is 6.20. The van der Waals surface area contributed by atoms with E-state index >= 15 is 0 Å². The highest BCUT2D eigenvalue weighted by Gasteiger charge is 2.26. The Balaban J connectivity index is 1.75. The summed E-state index contributed by atoms with van der Waals surface area (Å²) in [4.78, 5) is 29.5. The number of hydrogen-bond donors (Lipinski definition) is 2. The molecule has 1 aromatic heterocycles. The predicted molar refractivity (Wildman–Crippen MR) is 114 cm³/mol. The van der Waals surface area contributed by atoms with Crippen LogP contribution in [-0.2, 0) is 4.79 Å². The van der Waals surface area contributed by atoms with Gasteiger partial charge in [-0.05, 0) is 36.2 Å². The molecule has 3 aromatic rings. The molecular weight excluding hydrogens is 388 g/mol. The van der Waals surface area contributed by atoms with Crippen molar-refractivity contribution in [2.24, 2.45) is 5.92 Å². The number of amides is 2. The lowest BCUT2D eigenvalue weighted by Gasteiger charge is -2.23. The Morgan fingerprint density at radius 3 is 2.55 bits per heavy atom. The van der Waals surface area contributed by atoms with Crippen molar-refractivity contribution in [1.29, 1.82) is 0 Å². The van der Waals surface area contributed by atoms with Gasteiger partial charge in [0.1, 0.15) is 6.04 Å². The molecule has 0 radical (unpaired) electrons. The second-order valence-electron chi connectivity index (χ2n) is 6.83. The number of carbonyl (C=O) groups excluding carboxylic acids is 2. The maximum Gasteiger partial charge on any atom is 0.251 e. The van der Waals surface area contributed by atoms with Crippen molar-refractivity contribution in [1.82, 2.24) is 14.9 Å². The van der Waals surface area contributed by atoms with Crippen LogP contribution in [0.2, 0.25) is 5.02 Å². The van der Waals surface area contributed by atoms with Crippen LogP contribution in [0.15, 0.2) is 67.3 Å². The van der Waals surface area contributed by atoms with Gasteiger partial charge >= 0.3 is 0 Å². The van der Waals surface area contributed by atoms with Gasteiger partial charge in [-0.1, -0.05) is 50.1 Å². The number of aromatic nitrogens is 2. The molecule has 2 amide bonds. The zero-order chi connectivity index (χ0) is 20.8. The standard InChI is InChI=1S/C22H23ClN4O2/c1-3-15(2)20(26-21(28)16-7-5-4-6-8-16)22(29)25-17-9-10-19(18(23)13-17)27-12-11-24-14-27/h4-15,20H,3H2,1-2H3,(H,25,29)(H,26,28). The van der Waals surface area contributed by atoms with Crippen LogP contribution in [-0.4, -0.2) is 27.4 Å². The van der Waals surface area contributed by atoms with E-state index < -0.39 is 6.04 Å². The Labute approximate surface area is 174 Å². The van der Waals surface area contributed by atoms with Gasteiger partial charge in [0.2, 0.25) is 5.91 Å². The number of nitrogens with zero attached hydrogens (tertiary/aromatic N) is 2. The first-order valence-corrected chi connectivity index (χ1v) is 9.82. The minimum atomic E-state index is -0.667. The lowest BCUT2D eigenvalue weighted by molar-refractivity contribution is -0.119. The average molecular weight is 411 g/mol. The van der Waals surface area contributed by atoms with Crippen LogP contribution in [0.5, 0.6) is 0 Å². The summed E-state index contributed by atoms with van der Waals surface area (Å²) < 4.78 is 1.79. The van der Waals surface area contributed by atoms with Gasteiger partial charge in [-0.25, -0.2) is 4.98 Å². The van der Waals surface area contributed by atoms with Crippen molar-refractivity contribution in [3.05, 3.63) is 77.8 Å². The molecule has 1 heterocycles. The smallest absolute Gasteiger partial charge is 0.251 e. The minimum Gasteiger partial charge on any atom is -0.340 e. The number of halogens is 1. The fourth-order valence-corrected chi connectivity index (χ4v) is 3.21. The maximum absolute atomic E-state index is 12.9. The van der Waals surface area contributed by atoms with Crippen molar-refractivity contribution in [2.75, 3.05) is 5.32 Å². The molecule has 0 saturated carbocycles. The molecule has 0 aliphatic rings. The maximum atomic E-state index is 12.9. The van der Waals surface area contributed by atoms with Gasteiger partial charge < -0.3 is 15.2 Å². The van der Waals surface area contributed by atoms with Crippen LogP contribution in [0, 0.1) is 5.92 Å². The molecular formula is C22H23ClN4O2. The third-order valence-corrected chi connectivity index (χ3v) is 5.12. The first-order valence-electron chi connectivity index (χ1n) is 9.44. The summed E-state index contributed by atoms with van der Waals surface area (Å²) in [5.74, 6) is -0.599. The van der Waals surface area contributed by atoms with Crippen LogP contribution < -0.4 is 10.6 Å². The molecule has 2 atom stereocenters. The Kier molecular flexibility index (Phi) is 6.67. The first kappa shape index (κ1) is 20.6. The third-order valence-electron chi connectivity index (χ3n) is 4.82. The minimum absolute atomic E-state index is 0.0386. The molecule has 29 heavy (non-hydrogen) atoms. The van der Waals surface area contributed by atoms with E-state index in [0.717, 1.165) is 12.1 Å². The zero-order valence-electron chi connectivity index (χ0n) is 16.3. The monoisotopic (exact) mass is 410 g/mol. The molecule has 0 bridgehead atoms. The summed E-state index contributed by atoms with van der Waals surface area (Å²) in [6, 6.07) is 13.4. The zero-order valence-corrected chi connectivity index (χ0v) is 17.1. The predicted octanol–water partition coefficient (Wildman–Crippen LogP) is 4.31. The molecule has 150 valence electrons. The van der Waals surface area contributed by atoms with Gasteiger partial charge in [-0.15, -0.1) is 0 Å². The van der Waals surface area contributed by atoms with Crippen molar-refractivity contribution >= 4 is 29.1 Å². The Morgan fingerprint density at radius 2 is 1.93 bits per heavy atom. The lowest BCUT2D eigenvalue weighted by atomic mass is 9.97. The summed E-state index contributed by atoms with van der Waals surface area (Å²) in [7, 11) is 0. The number of carbonyl (C=O) groups is 2. The van der Waals surface area contributed by atoms with E-state index in [1.54, 1.807) is 65.8 Å². The van der Waals surface area contributed by atoms with E-state index in [1.807, 2.05) is 19.9 Å². The third kappa shape index (κ3) is 5.03. The summed E-state index contributed by atoms with van der Waals surface area (Å²) in [6.07, 6.45) is 5.85. The van der Waals surface area contributed by atoms with Crippen LogP contribution in [0.1, 0.15) is 30.6 Å². The highest BCUT2D eigenvalue weighted by Crippen LogP contribution is 2.24. The summed E-state index contributed by atoms with van der Waals surface area (Å²) in [6.45, 7) is 3.92. The van der Waals surface area contributed by atoms with Gasteiger partial charge in [0, 0.05) is 23.6 Å². The quantitative estimate of drug-likeness (QED) is 0.609. The Bertz CT molecular complexity index is 974. The fourth-order valence-electron chi connectivity index (χ4n) is 2.93. The van der Waals surface area contributed by atoms with Gasteiger partial charge in [0.15, 0.2) is 0 Å². The second-order valence-corrected chi connectivity index (χ2v) is 7.24. The molecule has 0 spiro atoms. The van der Waals surface area contributed by atoms with E-state index in [-0.39, 0.29) is 17.7 Å². The molecule has 3 rings (SSSR count). The van der Waals surface area contributed by atoms with Crippen molar-refractivity contribution in [3.8, 4) is 5.69 Å². The van der Waals surface area contributed by atoms with Crippen LogP contribution in [0.25, 0.3) is 5.69 Å². The van der Waals surface area contributed by atoms with Gasteiger partial charge in [0.05, 0.1) is 17.0 Å². The number of rotatable bonds is 7. The van der Waals surface area contributed by atoms with E-state index in [0.29, 0.717) is 16.3 Å². The highest BCUT2D eigenvalue weighted by molar-refractivity contribution is 6.32. The molecule has 6 nitrogen and oxygen atoms in total. The number of hydrogen-bond acceptors (Lipinski definition) is 3. The summed E-state index contributed by atoms with van der Waals surface area (Å²) >= 11 is 6.37. The molecule has 7 heteroatoms. The second kappa shape index (κ2) is 9.39. The molecule has 0 fully saturated rings. The molecule has 2 aromatic carbocycles. The van der Waals surface area contributed by atoms with Crippen LogP contribution in [0.4, 0.5) is 5.69 Å². The first-order chi connectivity index (χ1) is 14.0. The van der Waals surface area contributed by atoms with Crippen LogP contribution >= 0.6 is 11.6 Å². The molecule has 0 aliphatic heterocycles. The van der Waals surface area contributed by atoms with E-state index in [4.69, 9.17) is 11.6 Å². The van der Waals surface area contributed by atoms with Gasteiger partial charge in [0.25, 0.3) is 5.91 Å². The number of imidazole rings is 1. The fraction of sp³-hybridized carbons (Fsp3) is 0.227. The highest BCUT2D eigenvalue weighted by atomic mass is 35.5. The topological polar surface area (TPSA) is 76.0 Å². The van der Waals surface area contributed by atoms with Gasteiger partial charge in [-0.3, -0.25) is 9.59 Å². The van der Waals surface area contributed by atoms with Crippen LogP contribution in [0.3, 0.4) is 0 Å². The summed E-state index contributed by atoms with van der Waals surface area (Å²) in [5.41, 5.74) is 1.84. The molecule has 2 unspecified atom stereocenters. The number of benzene rings is 2. The van der Waals surface area contributed by atoms with Crippen molar-refractivity contribution in [2.45, 2.75) is 26.3 Å². The Morgan fingerprint density at radius 1 is 1.17 bits per heavy atom.